The molecule has 17 heavy (non-hydrogen) atoms. The Hall–Kier alpha value is -1.33. The molecule has 2 rings (SSSR count). The summed E-state index contributed by atoms with van der Waals surface area (Å²) in [5.74, 6) is 0.838. The molecule has 0 aliphatic carbocycles. The van der Waals surface area contributed by atoms with E-state index < -0.39 is 0 Å². The zero-order valence-electron chi connectivity index (χ0n) is 9.44. The number of oxazole rings is 1. The normalized spacial score (nSPS) is 10.5. The fourth-order valence-electron chi connectivity index (χ4n) is 1.48. The van der Waals surface area contributed by atoms with Gasteiger partial charge in [0.1, 0.15) is 12.0 Å². The predicted octanol–water partition coefficient (Wildman–Crippen LogP) is 2.74. The van der Waals surface area contributed by atoms with Crippen molar-refractivity contribution in [1.29, 1.82) is 0 Å². The van der Waals surface area contributed by atoms with Crippen LogP contribution in [0.3, 0.4) is 0 Å². The molecule has 4 nitrogen and oxygen atoms in total. The van der Waals surface area contributed by atoms with Gasteiger partial charge in [0.25, 0.3) is 0 Å². The largest absolute Gasteiger partial charge is 0.496 e. The second-order valence-corrected chi connectivity index (χ2v) is 4.41. The summed E-state index contributed by atoms with van der Waals surface area (Å²) in [5, 5.41) is 3.28. The van der Waals surface area contributed by atoms with E-state index in [9.17, 15) is 0 Å². The molecule has 5 heteroatoms. The summed E-state index contributed by atoms with van der Waals surface area (Å²) in [6.45, 7) is 1.47. The fourth-order valence-corrected chi connectivity index (χ4v) is 2.07. The van der Waals surface area contributed by atoms with Gasteiger partial charge in [-0.25, -0.2) is 4.98 Å². The standard InChI is InChI=1S/C12H13BrN2O2/c1-16-12-3-2-9(4-11(12)13)5-14-6-10-7-17-8-15-10/h2-4,7-8,14H,5-6H2,1H3. The van der Waals surface area contributed by atoms with Gasteiger partial charge in [-0.3, -0.25) is 0 Å². The molecule has 0 saturated heterocycles. The molecule has 1 aromatic heterocycles. The lowest BCUT2D eigenvalue weighted by atomic mass is 10.2. The maximum absolute atomic E-state index is 5.17. The Balaban J connectivity index is 1.89. The molecule has 0 radical (unpaired) electrons. The number of benzene rings is 1. The Kier molecular flexibility index (Phi) is 4.17. The van der Waals surface area contributed by atoms with Crippen LogP contribution in [0, 0.1) is 0 Å². The fraction of sp³-hybridized carbons (Fsp3) is 0.250. The molecule has 2 aromatic rings. The summed E-state index contributed by atoms with van der Waals surface area (Å²) in [6.07, 6.45) is 3.07. The summed E-state index contributed by atoms with van der Waals surface area (Å²) < 4.78 is 11.0. The van der Waals surface area contributed by atoms with E-state index >= 15 is 0 Å². The van der Waals surface area contributed by atoms with Crippen molar-refractivity contribution in [3.8, 4) is 5.75 Å². The van der Waals surface area contributed by atoms with Crippen LogP contribution in [0.4, 0.5) is 0 Å². The summed E-state index contributed by atoms with van der Waals surface area (Å²) in [5.41, 5.74) is 2.08. The van der Waals surface area contributed by atoms with E-state index in [0.29, 0.717) is 6.54 Å². The molecule has 0 fully saturated rings. The lowest BCUT2D eigenvalue weighted by molar-refractivity contribution is 0.412. The van der Waals surface area contributed by atoms with Crippen LogP contribution in [0.1, 0.15) is 11.3 Å². The zero-order valence-corrected chi connectivity index (χ0v) is 11.0. The molecular formula is C12H13BrN2O2. The molecule has 0 atom stereocenters. The van der Waals surface area contributed by atoms with Crippen molar-refractivity contribution in [2.24, 2.45) is 0 Å². The van der Waals surface area contributed by atoms with Gasteiger partial charge in [-0.1, -0.05) is 6.07 Å². The summed E-state index contributed by atoms with van der Waals surface area (Å²) in [4.78, 5) is 4.03. The van der Waals surface area contributed by atoms with Crippen LogP contribution in [0.5, 0.6) is 5.75 Å². The minimum atomic E-state index is 0.695. The number of hydrogen-bond acceptors (Lipinski definition) is 4. The summed E-state index contributed by atoms with van der Waals surface area (Å²) in [6, 6.07) is 6.01. The Morgan fingerprint density at radius 1 is 1.41 bits per heavy atom. The van der Waals surface area contributed by atoms with Gasteiger partial charge in [0.05, 0.1) is 17.3 Å². The molecule has 0 spiro atoms. The first kappa shape index (κ1) is 12.1. The van der Waals surface area contributed by atoms with Crippen molar-refractivity contribution < 1.29 is 9.15 Å². The maximum atomic E-state index is 5.17. The molecule has 90 valence electrons. The van der Waals surface area contributed by atoms with Crippen LogP contribution in [-0.2, 0) is 13.1 Å². The van der Waals surface area contributed by atoms with Gasteiger partial charge in [-0.05, 0) is 33.6 Å². The Morgan fingerprint density at radius 3 is 2.94 bits per heavy atom. The summed E-state index contributed by atoms with van der Waals surface area (Å²) >= 11 is 3.46. The topological polar surface area (TPSA) is 47.3 Å². The Labute approximate surface area is 108 Å². The van der Waals surface area contributed by atoms with Gasteiger partial charge >= 0.3 is 0 Å². The van der Waals surface area contributed by atoms with Gasteiger partial charge in [-0.15, -0.1) is 0 Å². The minimum absolute atomic E-state index is 0.695. The number of methoxy groups -OCH3 is 1. The van der Waals surface area contributed by atoms with E-state index in [2.05, 4.69) is 26.2 Å². The second-order valence-electron chi connectivity index (χ2n) is 3.55. The van der Waals surface area contributed by atoms with Gasteiger partial charge < -0.3 is 14.5 Å². The van der Waals surface area contributed by atoms with Crippen LogP contribution in [0.25, 0.3) is 0 Å². The van der Waals surface area contributed by atoms with Gasteiger partial charge in [-0.2, -0.15) is 0 Å². The quantitative estimate of drug-likeness (QED) is 0.922. The van der Waals surface area contributed by atoms with Crippen molar-refractivity contribution in [3.63, 3.8) is 0 Å². The highest BCUT2D eigenvalue weighted by Gasteiger charge is 2.01. The minimum Gasteiger partial charge on any atom is -0.496 e. The maximum Gasteiger partial charge on any atom is 0.180 e. The zero-order chi connectivity index (χ0) is 12.1. The molecule has 0 unspecified atom stereocenters. The van der Waals surface area contributed by atoms with Crippen molar-refractivity contribution in [3.05, 3.63) is 46.6 Å². The molecule has 0 aliphatic rings. The third-order valence-electron chi connectivity index (χ3n) is 2.33. The van der Waals surface area contributed by atoms with Crippen molar-refractivity contribution >= 4 is 15.9 Å². The van der Waals surface area contributed by atoms with Crippen LogP contribution < -0.4 is 10.1 Å². The van der Waals surface area contributed by atoms with Crippen LogP contribution in [0.2, 0.25) is 0 Å². The van der Waals surface area contributed by atoms with E-state index in [1.165, 1.54) is 12.0 Å². The van der Waals surface area contributed by atoms with Gasteiger partial charge in [0.15, 0.2) is 6.39 Å². The van der Waals surface area contributed by atoms with Gasteiger partial charge in [0.2, 0.25) is 0 Å². The molecule has 1 aromatic carbocycles. The van der Waals surface area contributed by atoms with E-state index in [4.69, 9.17) is 9.15 Å². The van der Waals surface area contributed by atoms with Crippen LogP contribution in [0.15, 0.2) is 39.7 Å². The lowest BCUT2D eigenvalue weighted by Gasteiger charge is -2.06. The Bertz CT molecular complexity index is 471. The van der Waals surface area contributed by atoms with E-state index in [1.54, 1.807) is 13.4 Å². The highest BCUT2D eigenvalue weighted by Crippen LogP contribution is 2.25. The first-order valence-corrected chi connectivity index (χ1v) is 5.99. The number of nitrogens with zero attached hydrogens (tertiary/aromatic N) is 1. The molecule has 0 amide bonds. The van der Waals surface area contributed by atoms with Crippen molar-refractivity contribution in [2.75, 3.05) is 7.11 Å². The average molecular weight is 297 g/mol. The van der Waals surface area contributed by atoms with Crippen molar-refractivity contribution in [1.82, 2.24) is 10.3 Å². The molecule has 0 saturated carbocycles. The number of nitrogens with one attached hydrogen (secondary N) is 1. The first-order valence-electron chi connectivity index (χ1n) is 5.20. The number of aromatic nitrogens is 1. The first-order chi connectivity index (χ1) is 8.29. The average Bonchev–Trinajstić information content (AvgIpc) is 2.82. The highest BCUT2D eigenvalue weighted by molar-refractivity contribution is 9.10. The summed E-state index contributed by atoms with van der Waals surface area (Å²) in [7, 11) is 1.66. The Morgan fingerprint density at radius 2 is 2.29 bits per heavy atom. The van der Waals surface area contributed by atoms with E-state index in [1.807, 2.05) is 18.2 Å². The highest BCUT2D eigenvalue weighted by atomic mass is 79.9. The number of hydrogen-bond donors (Lipinski definition) is 1. The monoisotopic (exact) mass is 296 g/mol. The molecule has 1 N–H and O–H groups in total. The van der Waals surface area contributed by atoms with E-state index in [-0.39, 0.29) is 0 Å². The van der Waals surface area contributed by atoms with Crippen LogP contribution in [-0.4, -0.2) is 12.1 Å². The number of halogens is 1. The lowest BCUT2D eigenvalue weighted by Crippen LogP contribution is -2.12. The van der Waals surface area contributed by atoms with E-state index in [0.717, 1.165) is 22.5 Å². The third-order valence-corrected chi connectivity index (χ3v) is 2.95. The third kappa shape index (κ3) is 3.31. The molecule has 0 bridgehead atoms. The smallest absolute Gasteiger partial charge is 0.180 e. The second kappa shape index (κ2) is 5.84. The van der Waals surface area contributed by atoms with Crippen molar-refractivity contribution in [2.45, 2.75) is 13.1 Å². The SMILES string of the molecule is COc1ccc(CNCc2cocn2)cc1Br. The number of ether oxygens (including phenoxy) is 1. The van der Waals surface area contributed by atoms with Gasteiger partial charge in [0, 0.05) is 13.1 Å². The number of rotatable bonds is 5. The van der Waals surface area contributed by atoms with Crippen LogP contribution >= 0.6 is 15.9 Å². The molecule has 0 aliphatic heterocycles. The molecular weight excluding hydrogens is 284 g/mol. The molecule has 1 heterocycles. The predicted molar refractivity (Wildman–Crippen MR) is 67.7 cm³/mol.